The fourth-order valence-electron chi connectivity index (χ4n) is 2.33. The minimum absolute atomic E-state index is 0.0625. The molecule has 1 aromatic heterocycles. The van der Waals surface area contributed by atoms with Crippen LogP contribution in [0.15, 0.2) is 48.7 Å². The molecule has 0 spiro atoms. The van der Waals surface area contributed by atoms with Gasteiger partial charge in [-0.15, -0.1) is 5.10 Å². The van der Waals surface area contributed by atoms with Crippen LogP contribution in [0.2, 0.25) is 0 Å². The van der Waals surface area contributed by atoms with E-state index in [1.165, 1.54) is 10.7 Å². The summed E-state index contributed by atoms with van der Waals surface area (Å²) < 4.78 is 20.5. The molecular formula is C16H15FN4O2. The largest absolute Gasteiger partial charge is 0.461 e. The summed E-state index contributed by atoms with van der Waals surface area (Å²) in [6, 6.07) is 5.81. The average molecular weight is 314 g/mol. The molecule has 1 N–H and O–H groups in total. The molecule has 118 valence electrons. The van der Waals surface area contributed by atoms with Crippen molar-refractivity contribution in [3.63, 3.8) is 0 Å². The Labute approximate surface area is 132 Å². The van der Waals surface area contributed by atoms with E-state index < -0.39 is 11.8 Å². The molecule has 23 heavy (non-hydrogen) atoms. The van der Waals surface area contributed by atoms with E-state index in [-0.39, 0.29) is 24.0 Å². The van der Waals surface area contributed by atoms with Crippen molar-refractivity contribution in [3.8, 4) is 5.69 Å². The third-order valence-corrected chi connectivity index (χ3v) is 3.34. The van der Waals surface area contributed by atoms with Crippen LogP contribution in [0.1, 0.15) is 29.1 Å². The SMILES string of the molecule is CCOC(=O)c1nnn(-c2ccccc2F)c1C1C=CC=CN1. The van der Waals surface area contributed by atoms with Gasteiger partial charge in [0, 0.05) is 0 Å². The molecule has 2 heterocycles. The maximum atomic E-state index is 14.1. The van der Waals surface area contributed by atoms with E-state index in [0.717, 1.165) is 0 Å². The van der Waals surface area contributed by atoms with E-state index in [4.69, 9.17) is 4.74 Å². The zero-order valence-electron chi connectivity index (χ0n) is 12.4. The molecule has 1 aromatic carbocycles. The van der Waals surface area contributed by atoms with Crippen molar-refractivity contribution >= 4 is 5.97 Å². The van der Waals surface area contributed by atoms with Crippen molar-refractivity contribution in [3.05, 3.63) is 65.9 Å². The molecule has 0 amide bonds. The van der Waals surface area contributed by atoms with Crippen molar-refractivity contribution in [2.45, 2.75) is 13.0 Å². The van der Waals surface area contributed by atoms with Gasteiger partial charge in [0.05, 0.1) is 12.6 Å². The van der Waals surface area contributed by atoms with Crippen molar-refractivity contribution in [1.29, 1.82) is 0 Å². The van der Waals surface area contributed by atoms with Crippen molar-refractivity contribution < 1.29 is 13.9 Å². The average Bonchev–Trinajstić information content (AvgIpc) is 3.01. The Balaban J connectivity index is 2.13. The number of carbonyl (C=O) groups is 1. The lowest BCUT2D eigenvalue weighted by atomic mass is 10.1. The van der Waals surface area contributed by atoms with Gasteiger partial charge in [-0.1, -0.05) is 29.5 Å². The second-order valence-electron chi connectivity index (χ2n) is 4.80. The van der Waals surface area contributed by atoms with E-state index in [2.05, 4.69) is 15.6 Å². The number of para-hydroxylation sites is 1. The van der Waals surface area contributed by atoms with E-state index in [1.54, 1.807) is 31.3 Å². The number of hydrogen-bond acceptors (Lipinski definition) is 5. The number of esters is 1. The number of nitrogens with one attached hydrogen (secondary N) is 1. The highest BCUT2D eigenvalue weighted by Crippen LogP contribution is 2.24. The molecule has 6 nitrogen and oxygen atoms in total. The molecule has 1 aliphatic rings. The fourth-order valence-corrected chi connectivity index (χ4v) is 2.33. The number of allylic oxidation sites excluding steroid dienone is 2. The Morgan fingerprint density at radius 2 is 2.22 bits per heavy atom. The summed E-state index contributed by atoms with van der Waals surface area (Å²) in [5.74, 6) is -1.04. The first kappa shape index (κ1) is 15.0. The van der Waals surface area contributed by atoms with Crippen molar-refractivity contribution in [2.75, 3.05) is 6.61 Å². The van der Waals surface area contributed by atoms with E-state index in [9.17, 15) is 9.18 Å². The fraction of sp³-hybridized carbons (Fsp3) is 0.188. The second-order valence-corrected chi connectivity index (χ2v) is 4.80. The monoisotopic (exact) mass is 314 g/mol. The van der Waals surface area contributed by atoms with Gasteiger partial charge >= 0.3 is 5.97 Å². The predicted molar refractivity (Wildman–Crippen MR) is 81.4 cm³/mol. The predicted octanol–water partition coefficient (Wildman–Crippen LogP) is 2.30. The molecule has 7 heteroatoms. The van der Waals surface area contributed by atoms with Crippen LogP contribution in [0.5, 0.6) is 0 Å². The normalized spacial score (nSPS) is 16.2. The summed E-state index contributed by atoms with van der Waals surface area (Å²) in [7, 11) is 0. The smallest absolute Gasteiger partial charge is 0.360 e. The van der Waals surface area contributed by atoms with Crippen LogP contribution in [0.3, 0.4) is 0 Å². The number of nitrogens with zero attached hydrogens (tertiary/aromatic N) is 3. The van der Waals surface area contributed by atoms with Gasteiger partial charge in [0.1, 0.15) is 17.2 Å². The Morgan fingerprint density at radius 3 is 2.91 bits per heavy atom. The molecule has 3 rings (SSSR count). The lowest BCUT2D eigenvalue weighted by molar-refractivity contribution is 0.0517. The van der Waals surface area contributed by atoms with Crippen molar-refractivity contribution in [1.82, 2.24) is 20.3 Å². The third-order valence-electron chi connectivity index (χ3n) is 3.34. The van der Waals surface area contributed by atoms with Gasteiger partial charge in [0.15, 0.2) is 5.69 Å². The molecular weight excluding hydrogens is 299 g/mol. The second kappa shape index (κ2) is 6.43. The Morgan fingerprint density at radius 1 is 1.39 bits per heavy atom. The lowest BCUT2D eigenvalue weighted by Crippen LogP contribution is -2.22. The first-order chi connectivity index (χ1) is 11.2. The molecule has 0 fully saturated rings. The summed E-state index contributed by atoms with van der Waals surface area (Å²) in [6.07, 6.45) is 7.21. The van der Waals surface area contributed by atoms with Gasteiger partial charge in [-0.2, -0.15) is 0 Å². The van der Waals surface area contributed by atoms with Gasteiger partial charge < -0.3 is 10.1 Å². The molecule has 0 saturated carbocycles. The standard InChI is InChI=1S/C16H15FN4O2/c1-2-23-16(22)14-15(12-8-5-6-10-18-12)21(20-19-14)13-9-4-3-7-11(13)17/h3-10,12,18H,2H2,1H3. The Bertz CT molecular complexity index is 782. The number of ether oxygens (including phenoxy) is 1. The number of carbonyl (C=O) groups excluding carboxylic acids is 1. The summed E-state index contributed by atoms with van der Waals surface area (Å²) in [5.41, 5.74) is 0.706. The third kappa shape index (κ3) is 2.85. The van der Waals surface area contributed by atoms with Crippen LogP contribution in [0.4, 0.5) is 4.39 Å². The number of aromatic nitrogens is 3. The molecule has 1 atom stereocenters. The van der Waals surface area contributed by atoms with Crippen LogP contribution in [0.25, 0.3) is 5.69 Å². The number of dihydropyridines is 1. The van der Waals surface area contributed by atoms with Crippen LogP contribution in [-0.2, 0) is 4.74 Å². The molecule has 0 saturated heterocycles. The summed E-state index contributed by atoms with van der Waals surface area (Å²) >= 11 is 0. The van der Waals surface area contributed by atoms with Gasteiger partial charge in [-0.05, 0) is 31.3 Å². The van der Waals surface area contributed by atoms with Gasteiger partial charge in [0.25, 0.3) is 0 Å². The maximum absolute atomic E-state index is 14.1. The number of benzene rings is 1. The maximum Gasteiger partial charge on any atom is 0.360 e. The zero-order chi connectivity index (χ0) is 16.2. The number of halogens is 1. The summed E-state index contributed by atoms with van der Waals surface area (Å²) in [5, 5.41) is 10.9. The number of rotatable bonds is 4. The highest BCUT2D eigenvalue weighted by Gasteiger charge is 2.27. The zero-order valence-corrected chi connectivity index (χ0v) is 12.4. The molecule has 0 aliphatic carbocycles. The van der Waals surface area contributed by atoms with E-state index in [1.807, 2.05) is 18.2 Å². The van der Waals surface area contributed by atoms with Crippen LogP contribution < -0.4 is 5.32 Å². The first-order valence-electron chi connectivity index (χ1n) is 7.19. The van der Waals surface area contributed by atoms with Crippen LogP contribution in [-0.4, -0.2) is 27.6 Å². The topological polar surface area (TPSA) is 69.0 Å². The Hall–Kier alpha value is -2.96. The minimum Gasteiger partial charge on any atom is -0.461 e. The van der Waals surface area contributed by atoms with Gasteiger partial charge in [-0.25, -0.2) is 13.9 Å². The Kier molecular flexibility index (Phi) is 4.18. The van der Waals surface area contributed by atoms with E-state index in [0.29, 0.717) is 5.69 Å². The highest BCUT2D eigenvalue weighted by molar-refractivity contribution is 5.88. The highest BCUT2D eigenvalue weighted by atomic mass is 19.1. The van der Waals surface area contributed by atoms with Gasteiger partial charge in [-0.3, -0.25) is 0 Å². The number of hydrogen-bond donors (Lipinski definition) is 1. The first-order valence-corrected chi connectivity index (χ1v) is 7.19. The van der Waals surface area contributed by atoms with Crippen LogP contribution in [0, 0.1) is 5.82 Å². The minimum atomic E-state index is -0.588. The molecule has 1 aliphatic heterocycles. The molecule has 1 unspecified atom stereocenters. The summed E-state index contributed by atoms with van der Waals surface area (Å²) in [4.78, 5) is 12.1. The molecule has 2 aromatic rings. The lowest BCUT2D eigenvalue weighted by Gasteiger charge is -2.18. The van der Waals surface area contributed by atoms with Crippen molar-refractivity contribution in [2.24, 2.45) is 0 Å². The molecule has 0 radical (unpaired) electrons. The van der Waals surface area contributed by atoms with Gasteiger partial charge in [0.2, 0.25) is 0 Å². The quantitative estimate of drug-likeness (QED) is 0.877. The molecule has 0 bridgehead atoms. The summed E-state index contributed by atoms with van der Waals surface area (Å²) in [6.45, 7) is 1.93. The van der Waals surface area contributed by atoms with Crippen LogP contribution >= 0.6 is 0 Å². The van der Waals surface area contributed by atoms with E-state index >= 15 is 0 Å².